The summed E-state index contributed by atoms with van der Waals surface area (Å²) in [7, 11) is 1.53. The Kier molecular flexibility index (Phi) is 7.64. The molecule has 2 aromatic carbocycles. The number of aromatic nitrogens is 7. The largest absolute Gasteiger partial charge is 0.378 e. The predicted octanol–water partition coefficient (Wildman–Crippen LogP) is 2.33. The van der Waals surface area contributed by atoms with Crippen molar-refractivity contribution in [2.45, 2.75) is 26.2 Å². The number of pyridine rings is 1. The first-order valence-corrected chi connectivity index (χ1v) is 12.1. The highest BCUT2D eigenvalue weighted by molar-refractivity contribution is 5.95. The number of nitrogens with one attached hydrogen (secondary N) is 1. The van der Waals surface area contributed by atoms with Crippen LogP contribution in [0.5, 0.6) is 0 Å². The van der Waals surface area contributed by atoms with Gasteiger partial charge >= 0.3 is 0 Å². The van der Waals surface area contributed by atoms with Gasteiger partial charge in [0.25, 0.3) is 11.5 Å². The molecule has 5 aromatic rings. The average molecular weight is 529 g/mol. The molecule has 1 amide bonds. The van der Waals surface area contributed by atoms with E-state index >= 15 is 0 Å². The molecule has 0 aliphatic heterocycles. The average Bonchev–Trinajstić information content (AvgIpc) is 3.61. The molecule has 39 heavy (non-hydrogen) atoms. The summed E-state index contributed by atoms with van der Waals surface area (Å²) in [5.74, 6) is -0.857. The van der Waals surface area contributed by atoms with Crippen LogP contribution in [0.25, 0.3) is 5.69 Å². The molecule has 0 saturated carbocycles. The van der Waals surface area contributed by atoms with E-state index < -0.39 is 11.7 Å². The molecule has 3 aromatic heterocycles. The molecule has 198 valence electrons. The monoisotopic (exact) mass is 528 g/mol. The maximum absolute atomic E-state index is 14.4. The van der Waals surface area contributed by atoms with Gasteiger partial charge < -0.3 is 14.6 Å². The third kappa shape index (κ3) is 6.13. The number of tetrazole rings is 1. The van der Waals surface area contributed by atoms with Crippen LogP contribution >= 0.6 is 0 Å². The highest BCUT2D eigenvalue weighted by Crippen LogP contribution is 2.15. The van der Waals surface area contributed by atoms with E-state index in [1.54, 1.807) is 39.8 Å². The fourth-order valence-electron chi connectivity index (χ4n) is 4.09. The van der Waals surface area contributed by atoms with Crippen molar-refractivity contribution in [3.8, 4) is 5.69 Å². The van der Waals surface area contributed by atoms with E-state index in [-0.39, 0.29) is 24.3 Å². The standard InChI is InChI=1S/C27H25FN8O3/c1-39-17-25-23(27(38)29-13-21-12-22(9-10-24(21)28)36-18-30-32-33-36)16-35(31-25)15-20-7-5-19(6-8-20)14-34-11-3-2-4-26(34)37/h2-12,16,18H,13-15,17H2,1H3,(H,29,38). The van der Waals surface area contributed by atoms with Crippen molar-refractivity contribution < 1.29 is 13.9 Å². The minimum absolute atomic E-state index is 0.0375. The van der Waals surface area contributed by atoms with Gasteiger partial charge in [-0.15, -0.1) is 5.10 Å². The van der Waals surface area contributed by atoms with E-state index in [9.17, 15) is 14.0 Å². The Morgan fingerprint density at radius 2 is 1.85 bits per heavy atom. The fourth-order valence-corrected chi connectivity index (χ4v) is 4.09. The molecule has 1 N–H and O–H groups in total. The van der Waals surface area contributed by atoms with Gasteiger partial charge in [-0.05, 0) is 45.8 Å². The number of hydrogen-bond donors (Lipinski definition) is 1. The maximum Gasteiger partial charge on any atom is 0.255 e. The van der Waals surface area contributed by atoms with Crippen molar-refractivity contribution in [1.29, 1.82) is 0 Å². The fraction of sp³-hybridized carbons (Fsp3) is 0.185. The summed E-state index contributed by atoms with van der Waals surface area (Å²) in [6.07, 6.45) is 4.80. The first-order chi connectivity index (χ1) is 19.0. The van der Waals surface area contributed by atoms with Gasteiger partial charge in [0.15, 0.2) is 0 Å². The highest BCUT2D eigenvalue weighted by Gasteiger charge is 2.17. The number of ether oxygens (including phenoxy) is 1. The van der Waals surface area contributed by atoms with Gasteiger partial charge in [-0.1, -0.05) is 30.3 Å². The molecule has 3 heterocycles. The van der Waals surface area contributed by atoms with Crippen LogP contribution in [0.1, 0.15) is 32.7 Å². The number of halogens is 1. The Balaban J connectivity index is 1.27. The summed E-state index contributed by atoms with van der Waals surface area (Å²) in [6, 6.07) is 17.3. The smallest absolute Gasteiger partial charge is 0.255 e. The molecule has 0 aliphatic rings. The lowest BCUT2D eigenvalue weighted by Gasteiger charge is -2.08. The van der Waals surface area contributed by atoms with Crippen molar-refractivity contribution in [3.63, 3.8) is 0 Å². The molecule has 0 bridgehead atoms. The van der Waals surface area contributed by atoms with Gasteiger partial charge in [0.05, 0.1) is 30.9 Å². The van der Waals surface area contributed by atoms with Gasteiger partial charge in [0.1, 0.15) is 17.8 Å². The number of hydrogen-bond acceptors (Lipinski definition) is 7. The number of benzene rings is 2. The molecule has 0 unspecified atom stereocenters. The van der Waals surface area contributed by atoms with Gasteiger partial charge in [0.2, 0.25) is 0 Å². The summed E-state index contributed by atoms with van der Waals surface area (Å²) >= 11 is 0. The second-order valence-corrected chi connectivity index (χ2v) is 8.82. The number of nitrogens with zero attached hydrogens (tertiary/aromatic N) is 7. The molecular weight excluding hydrogens is 503 g/mol. The second kappa shape index (κ2) is 11.6. The van der Waals surface area contributed by atoms with Crippen molar-refractivity contribution in [1.82, 2.24) is 39.9 Å². The summed E-state index contributed by atoms with van der Waals surface area (Å²) < 4.78 is 24.4. The van der Waals surface area contributed by atoms with Crippen LogP contribution in [0.4, 0.5) is 4.39 Å². The Morgan fingerprint density at radius 1 is 1.05 bits per heavy atom. The zero-order valence-electron chi connectivity index (χ0n) is 21.1. The molecule has 0 spiro atoms. The zero-order valence-corrected chi connectivity index (χ0v) is 21.1. The first kappa shape index (κ1) is 25.7. The minimum Gasteiger partial charge on any atom is -0.378 e. The van der Waals surface area contributed by atoms with E-state index in [1.165, 1.54) is 30.3 Å². The topological polar surface area (TPSA) is 122 Å². The molecule has 0 atom stereocenters. The summed E-state index contributed by atoms with van der Waals surface area (Å²) in [5.41, 5.74) is 3.57. The van der Waals surface area contributed by atoms with Crippen LogP contribution in [0.15, 0.2) is 84.2 Å². The van der Waals surface area contributed by atoms with Gasteiger partial charge in [-0.3, -0.25) is 14.3 Å². The SMILES string of the molecule is COCc1nn(Cc2ccc(Cn3ccccc3=O)cc2)cc1C(=O)NCc1cc(-n2cnnn2)ccc1F. The van der Waals surface area contributed by atoms with Gasteiger partial charge in [-0.25, -0.2) is 9.07 Å². The molecule has 12 heteroatoms. The van der Waals surface area contributed by atoms with E-state index in [1.807, 2.05) is 30.3 Å². The molecule has 0 aliphatic carbocycles. The number of methoxy groups -OCH3 is 1. The van der Waals surface area contributed by atoms with E-state index in [2.05, 4.69) is 25.9 Å². The lowest BCUT2D eigenvalue weighted by atomic mass is 10.1. The van der Waals surface area contributed by atoms with Crippen LogP contribution in [0, 0.1) is 5.82 Å². The number of rotatable bonds is 10. The predicted molar refractivity (Wildman–Crippen MR) is 139 cm³/mol. The van der Waals surface area contributed by atoms with Crippen molar-refractivity contribution in [2.24, 2.45) is 0 Å². The lowest BCUT2D eigenvalue weighted by molar-refractivity contribution is 0.0945. The Hall–Kier alpha value is -4.97. The van der Waals surface area contributed by atoms with Crippen LogP contribution in [-0.2, 0) is 31.0 Å². The zero-order chi connectivity index (χ0) is 27.2. The minimum atomic E-state index is -0.458. The Labute approximate surface area is 222 Å². The van der Waals surface area contributed by atoms with Crippen LogP contribution < -0.4 is 10.9 Å². The Bertz CT molecular complexity index is 1630. The molecule has 0 radical (unpaired) electrons. The van der Waals surface area contributed by atoms with E-state index in [0.717, 1.165) is 11.1 Å². The van der Waals surface area contributed by atoms with Gasteiger partial charge in [-0.2, -0.15) is 5.10 Å². The second-order valence-electron chi connectivity index (χ2n) is 8.82. The summed E-state index contributed by atoms with van der Waals surface area (Å²) in [4.78, 5) is 25.0. The quantitative estimate of drug-likeness (QED) is 0.295. The van der Waals surface area contributed by atoms with Gasteiger partial charge in [0, 0.05) is 37.7 Å². The van der Waals surface area contributed by atoms with Crippen molar-refractivity contribution in [3.05, 3.63) is 124 Å². The molecule has 11 nitrogen and oxygen atoms in total. The number of carbonyl (C=O) groups is 1. The summed E-state index contributed by atoms with van der Waals surface area (Å²) in [6.45, 7) is 1.01. The van der Waals surface area contributed by atoms with E-state index in [4.69, 9.17) is 4.74 Å². The molecule has 0 saturated heterocycles. The normalized spacial score (nSPS) is 11.0. The van der Waals surface area contributed by atoms with Crippen molar-refractivity contribution in [2.75, 3.05) is 7.11 Å². The molecular formula is C27H25FN8O3. The van der Waals surface area contributed by atoms with E-state index in [0.29, 0.717) is 30.0 Å². The molecule has 0 fully saturated rings. The van der Waals surface area contributed by atoms with Crippen LogP contribution in [0.3, 0.4) is 0 Å². The summed E-state index contributed by atoms with van der Waals surface area (Å²) in [5, 5.41) is 18.3. The molecule has 5 rings (SSSR count). The van der Waals surface area contributed by atoms with Crippen LogP contribution in [-0.4, -0.2) is 47.6 Å². The first-order valence-electron chi connectivity index (χ1n) is 12.1. The number of amides is 1. The third-order valence-electron chi connectivity index (χ3n) is 6.07. The lowest BCUT2D eigenvalue weighted by Crippen LogP contribution is -2.24. The number of carbonyl (C=O) groups excluding carboxylic acids is 1. The maximum atomic E-state index is 14.4. The highest BCUT2D eigenvalue weighted by atomic mass is 19.1. The third-order valence-corrected chi connectivity index (χ3v) is 6.07. The van der Waals surface area contributed by atoms with Crippen molar-refractivity contribution >= 4 is 5.91 Å². The Morgan fingerprint density at radius 3 is 2.56 bits per heavy atom. The van der Waals surface area contributed by atoms with Crippen LogP contribution in [0.2, 0.25) is 0 Å².